The Morgan fingerprint density at radius 1 is 1.55 bits per heavy atom. The summed E-state index contributed by atoms with van der Waals surface area (Å²) in [5, 5.41) is 12.2. The van der Waals surface area contributed by atoms with Crippen LogP contribution in [-0.4, -0.2) is 37.6 Å². The van der Waals surface area contributed by atoms with Crippen LogP contribution in [0.2, 0.25) is 0 Å². The number of hydrogen-bond acceptors (Lipinski definition) is 4. The molecule has 0 saturated carbocycles. The van der Waals surface area contributed by atoms with E-state index in [0.717, 1.165) is 5.56 Å². The summed E-state index contributed by atoms with van der Waals surface area (Å²) in [5.74, 6) is 0.618. The van der Waals surface area contributed by atoms with Crippen LogP contribution < -0.4 is 10.1 Å². The first kappa shape index (κ1) is 16.0. The van der Waals surface area contributed by atoms with Crippen LogP contribution in [0.5, 0.6) is 5.75 Å². The number of rotatable bonds is 6. The highest BCUT2D eigenvalue weighted by molar-refractivity contribution is 5.81. The van der Waals surface area contributed by atoms with Gasteiger partial charge in [0.15, 0.2) is 0 Å². The fourth-order valence-electron chi connectivity index (χ4n) is 1.80. The van der Waals surface area contributed by atoms with Gasteiger partial charge in [0.2, 0.25) is 5.91 Å². The van der Waals surface area contributed by atoms with E-state index in [0.29, 0.717) is 24.4 Å². The molecule has 1 N–H and O–H groups in total. The van der Waals surface area contributed by atoms with Gasteiger partial charge in [0.05, 0.1) is 18.7 Å². The molecule has 0 radical (unpaired) electrons. The molecule has 0 spiro atoms. The molecule has 0 aliphatic heterocycles. The minimum atomic E-state index is -0.257. The van der Waals surface area contributed by atoms with Crippen LogP contribution >= 0.6 is 0 Å². The van der Waals surface area contributed by atoms with Crippen molar-refractivity contribution < 1.29 is 9.53 Å². The number of nitriles is 1. The molecular weight excluding hydrogens is 254 g/mol. The monoisotopic (exact) mass is 275 g/mol. The van der Waals surface area contributed by atoms with E-state index in [9.17, 15) is 4.79 Å². The minimum Gasteiger partial charge on any atom is -0.495 e. The molecule has 1 rings (SSSR count). The Morgan fingerprint density at radius 3 is 2.80 bits per heavy atom. The standard InChI is InChI=1S/C15H21N3O2/c1-5-18(3)15(19)11(2)17-10-12-6-7-14(20-4)13(8-12)9-16/h6-8,11,17H,5,10H2,1-4H3. The maximum atomic E-state index is 11.9. The van der Waals surface area contributed by atoms with Crippen molar-refractivity contribution in [1.82, 2.24) is 10.2 Å². The van der Waals surface area contributed by atoms with E-state index in [-0.39, 0.29) is 11.9 Å². The molecule has 5 heteroatoms. The molecule has 0 heterocycles. The van der Waals surface area contributed by atoms with E-state index in [2.05, 4.69) is 11.4 Å². The maximum Gasteiger partial charge on any atom is 0.239 e. The zero-order valence-electron chi connectivity index (χ0n) is 12.4. The van der Waals surface area contributed by atoms with Gasteiger partial charge in [-0.25, -0.2) is 0 Å². The lowest BCUT2D eigenvalue weighted by molar-refractivity contribution is -0.131. The fraction of sp³-hybridized carbons (Fsp3) is 0.467. The molecule has 0 aliphatic carbocycles. The van der Waals surface area contributed by atoms with Crippen molar-refractivity contribution in [2.75, 3.05) is 20.7 Å². The summed E-state index contributed by atoms with van der Waals surface area (Å²) in [6, 6.07) is 7.26. The maximum absolute atomic E-state index is 11.9. The van der Waals surface area contributed by atoms with Crippen LogP contribution in [0.25, 0.3) is 0 Å². The van der Waals surface area contributed by atoms with Gasteiger partial charge in [-0.15, -0.1) is 0 Å². The van der Waals surface area contributed by atoms with Gasteiger partial charge in [-0.05, 0) is 31.5 Å². The highest BCUT2D eigenvalue weighted by Crippen LogP contribution is 2.18. The Kier molecular flexibility index (Phi) is 6.01. The Balaban J connectivity index is 2.67. The third kappa shape index (κ3) is 3.97. The van der Waals surface area contributed by atoms with E-state index < -0.39 is 0 Å². The second-order valence-corrected chi connectivity index (χ2v) is 4.60. The van der Waals surface area contributed by atoms with Crippen molar-refractivity contribution in [2.45, 2.75) is 26.4 Å². The topological polar surface area (TPSA) is 65.4 Å². The lowest BCUT2D eigenvalue weighted by Gasteiger charge is -2.20. The van der Waals surface area contributed by atoms with Crippen molar-refractivity contribution in [3.63, 3.8) is 0 Å². The summed E-state index contributed by atoms with van der Waals surface area (Å²) in [6.07, 6.45) is 0. The van der Waals surface area contributed by atoms with Crippen molar-refractivity contribution in [3.05, 3.63) is 29.3 Å². The SMILES string of the molecule is CCN(C)C(=O)C(C)NCc1ccc(OC)c(C#N)c1. The Hall–Kier alpha value is -2.06. The highest BCUT2D eigenvalue weighted by Gasteiger charge is 2.15. The molecule has 0 saturated heterocycles. The van der Waals surface area contributed by atoms with Gasteiger partial charge in [-0.1, -0.05) is 6.07 Å². The molecule has 0 aromatic heterocycles. The molecule has 1 atom stereocenters. The smallest absolute Gasteiger partial charge is 0.239 e. The number of nitrogens with one attached hydrogen (secondary N) is 1. The molecular formula is C15H21N3O2. The normalized spacial score (nSPS) is 11.6. The van der Waals surface area contributed by atoms with Gasteiger partial charge in [0.1, 0.15) is 11.8 Å². The Labute approximate surface area is 120 Å². The third-order valence-electron chi connectivity index (χ3n) is 3.22. The molecule has 108 valence electrons. The zero-order valence-corrected chi connectivity index (χ0v) is 12.4. The molecule has 1 aromatic carbocycles. The number of carbonyl (C=O) groups is 1. The van der Waals surface area contributed by atoms with Crippen molar-refractivity contribution in [2.24, 2.45) is 0 Å². The van der Waals surface area contributed by atoms with E-state index in [1.54, 1.807) is 24.1 Å². The van der Waals surface area contributed by atoms with Gasteiger partial charge in [-0.2, -0.15) is 5.26 Å². The summed E-state index contributed by atoms with van der Waals surface area (Å²) in [6.45, 7) is 4.99. The molecule has 1 amide bonds. The lowest BCUT2D eigenvalue weighted by atomic mass is 10.1. The van der Waals surface area contributed by atoms with E-state index >= 15 is 0 Å². The van der Waals surface area contributed by atoms with Crippen LogP contribution in [0.3, 0.4) is 0 Å². The summed E-state index contributed by atoms with van der Waals surface area (Å²) >= 11 is 0. The summed E-state index contributed by atoms with van der Waals surface area (Å²) < 4.78 is 5.10. The second kappa shape index (κ2) is 7.51. The van der Waals surface area contributed by atoms with Gasteiger partial charge < -0.3 is 15.0 Å². The van der Waals surface area contributed by atoms with Gasteiger partial charge >= 0.3 is 0 Å². The Bertz CT molecular complexity index is 508. The molecule has 0 fully saturated rings. The largest absolute Gasteiger partial charge is 0.495 e. The predicted molar refractivity (Wildman–Crippen MR) is 77.3 cm³/mol. The van der Waals surface area contributed by atoms with Crippen LogP contribution in [0, 0.1) is 11.3 Å². The van der Waals surface area contributed by atoms with Crippen molar-refractivity contribution in [3.8, 4) is 11.8 Å². The van der Waals surface area contributed by atoms with E-state index in [1.807, 2.05) is 19.9 Å². The van der Waals surface area contributed by atoms with E-state index in [1.165, 1.54) is 7.11 Å². The zero-order chi connectivity index (χ0) is 15.1. The van der Waals surface area contributed by atoms with Gasteiger partial charge in [0.25, 0.3) is 0 Å². The predicted octanol–water partition coefficient (Wildman–Crippen LogP) is 1.52. The van der Waals surface area contributed by atoms with E-state index in [4.69, 9.17) is 10.00 Å². The number of nitrogens with zero attached hydrogens (tertiary/aromatic N) is 2. The molecule has 0 bridgehead atoms. The number of likely N-dealkylation sites (N-methyl/N-ethyl adjacent to an activating group) is 1. The minimum absolute atomic E-state index is 0.0570. The number of hydrogen-bond donors (Lipinski definition) is 1. The summed E-state index contributed by atoms with van der Waals surface area (Å²) in [5.41, 5.74) is 1.44. The number of ether oxygens (including phenoxy) is 1. The number of carbonyl (C=O) groups excluding carboxylic acids is 1. The lowest BCUT2D eigenvalue weighted by Crippen LogP contribution is -2.42. The quantitative estimate of drug-likeness (QED) is 0.855. The molecule has 0 aliphatic rings. The van der Waals surface area contributed by atoms with Crippen molar-refractivity contribution >= 4 is 5.91 Å². The van der Waals surface area contributed by atoms with Crippen LogP contribution in [0.4, 0.5) is 0 Å². The van der Waals surface area contributed by atoms with Crippen LogP contribution in [-0.2, 0) is 11.3 Å². The number of amides is 1. The van der Waals surface area contributed by atoms with Crippen LogP contribution in [0.1, 0.15) is 25.0 Å². The molecule has 5 nitrogen and oxygen atoms in total. The third-order valence-corrected chi connectivity index (χ3v) is 3.22. The number of benzene rings is 1. The first-order chi connectivity index (χ1) is 9.53. The van der Waals surface area contributed by atoms with Crippen LogP contribution in [0.15, 0.2) is 18.2 Å². The summed E-state index contributed by atoms with van der Waals surface area (Å²) in [4.78, 5) is 13.6. The molecule has 1 aromatic rings. The fourth-order valence-corrected chi connectivity index (χ4v) is 1.80. The Morgan fingerprint density at radius 2 is 2.25 bits per heavy atom. The highest BCUT2D eigenvalue weighted by atomic mass is 16.5. The molecule has 1 unspecified atom stereocenters. The molecule has 20 heavy (non-hydrogen) atoms. The summed E-state index contributed by atoms with van der Waals surface area (Å²) in [7, 11) is 3.32. The van der Waals surface area contributed by atoms with Gasteiger partial charge in [-0.3, -0.25) is 4.79 Å². The van der Waals surface area contributed by atoms with Crippen molar-refractivity contribution in [1.29, 1.82) is 5.26 Å². The number of methoxy groups -OCH3 is 1. The second-order valence-electron chi connectivity index (χ2n) is 4.60. The average Bonchev–Trinajstić information content (AvgIpc) is 2.50. The first-order valence-electron chi connectivity index (χ1n) is 6.58. The van der Waals surface area contributed by atoms with Gasteiger partial charge in [0, 0.05) is 20.1 Å². The first-order valence-corrected chi connectivity index (χ1v) is 6.58. The average molecular weight is 275 g/mol.